The number of carbonyl (C=O) groups excluding carboxylic acids is 1. The molecule has 1 heterocycles. The minimum absolute atomic E-state index is 0.192. The summed E-state index contributed by atoms with van der Waals surface area (Å²) in [5, 5.41) is 0. The van der Waals surface area contributed by atoms with Gasteiger partial charge in [0, 0.05) is 5.56 Å². The molecule has 0 spiro atoms. The minimum atomic E-state index is 0.192. The van der Waals surface area contributed by atoms with Crippen LogP contribution in [-0.4, -0.2) is 18.4 Å². The standard InChI is InChI=1S/C15H18BrNO2/c1-15(2)5-4-11(10(7-15)9-18)12-6-14(16)17-8-13(12)19-3/h6,8-9H,4-5,7H2,1-3H3. The zero-order valence-corrected chi connectivity index (χ0v) is 13.1. The first kappa shape index (κ1) is 14.3. The van der Waals surface area contributed by atoms with E-state index < -0.39 is 0 Å². The van der Waals surface area contributed by atoms with Gasteiger partial charge in [-0.2, -0.15) is 0 Å². The van der Waals surface area contributed by atoms with Crippen molar-refractivity contribution in [3.63, 3.8) is 0 Å². The van der Waals surface area contributed by atoms with E-state index in [2.05, 4.69) is 34.8 Å². The molecule has 0 aliphatic heterocycles. The monoisotopic (exact) mass is 323 g/mol. The van der Waals surface area contributed by atoms with Crippen LogP contribution in [0, 0.1) is 5.41 Å². The Morgan fingerprint density at radius 1 is 1.47 bits per heavy atom. The number of rotatable bonds is 3. The Kier molecular flexibility index (Phi) is 4.09. The average Bonchev–Trinajstić information content (AvgIpc) is 2.37. The number of pyridine rings is 1. The van der Waals surface area contributed by atoms with Crippen LogP contribution in [0.5, 0.6) is 5.75 Å². The number of nitrogens with zero attached hydrogens (tertiary/aromatic N) is 1. The van der Waals surface area contributed by atoms with Gasteiger partial charge in [0.05, 0.1) is 13.3 Å². The maximum absolute atomic E-state index is 11.4. The van der Waals surface area contributed by atoms with Gasteiger partial charge in [0.25, 0.3) is 0 Å². The number of carbonyl (C=O) groups is 1. The molecule has 2 rings (SSSR count). The molecule has 0 bridgehead atoms. The van der Waals surface area contributed by atoms with Gasteiger partial charge in [0.15, 0.2) is 0 Å². The molecule has 0 unspecified atom stereocenters. The number of allylic oxidation sites excluding steroid dienone is 2. The van der Waals surface area contributed by atoms with Crippen LogP contribution < -0.4 is 4.74 Å². The molecule has 102 valence electrons. The lowest BCUT2D eigenvalue weighted by Gasteiger charge is -2.31. The lowest BCUT2D eigenvalue weighted by atomic mass is 9.73. The molecule has 0 fully saturated rings. The molecular weight excluding hydrogens is 306 g/mol. The molecular formula is C15H18BrNO2. The van der Waals surface area contributed by atoms with Crippen LogP contribution in [0.25, 0.3) is 5.57 Å². The van der Waals surface area contributed by atoms with Crippen molar-refractivity contribution >= 4 is 27.8 Å². The third-order valence-corrected chi connectivity index (χ3v) is 4.06. The fourth-order valence-corrected chi connectivity index (χ4v) is 2.90. The van der Waals surface area contributed by atoms with Crippen molar-refractivity contribution in [1.82, 2.24) is 4.98 Å². The van der Waals surface area contributed by atoms with Crippen molar-refractivity contribution in [2.24, 2.45) is 5.41 Å². The van der Waals surface area contributed by atoms with Crippen LogP contribution >= 0.6 is 15.9 Å². The first-order chi connectivity index (χ1) is 8.96. The number of halogens is 1. The third kappa shape index (κ3) is 3.06. The van der Waals surface area contributed by atoms with Gasteiger partial charge in [-0.15, -0.1) is 0 Å². The Balaban J connectivity index is 2.53. The van der Waals surface area contributed by atoms with Gasteiger partial charge in [0.2, 0.25) is 0 Å². The summed E-state index contributed by atoms with van der Waals surface area (Å²) < 4.78 is 6.12. The van der Waals surface area contributed by atoms with E-state index in [-0.39, 0.29) is 5.41 Å². The van der Waals surface area contributed by atoms with Crippen molar-refractivity contribution in [2.45, 2.75) is 33.1 Å². The maximum atomic E-state index is 11.4. The van der Waals surface area contributed by atoms with Gasteiger partial charge in [-0.1, -0.05) is 13.8 Å². The van der Waals surface area contributed by atoms with Crippen LogP contribution in [-0.2, 0) is 4.79 Å². The molecule has 3 nitrogen and oxygen atoms in total. The van der Waals surface area contributed by atoms with E-state index in [9.17, 15) is 4.79 Å². The molecule has 19 heavy (non-hydrogen) atoms. The largest absolute Gasteiger partial charge is 0.495 e. The number of aldehydes is 1. The summed E-state index contributed by atoms with van der Waals surface area (Å²) >= 11 is 3.38. The summed E-state index contributed by atoms with van der Waals surface area (Å²) in [7, 11) is 1.63. The van der Waals surface area contributed by atoms with Gasteiger partial charge >= 0.3 is 0 Å². The van der Waals surface area contributed by atoms with E-state index in [0.29, 0.717) is 0 Å². The topological polar surface area (TPSA) is 39.2 Å². The molecule has 0 atom stereocenters. The average molecular weight is 324 g/mol. The second-order valence-corrected chi connectivity index (χ2v) is 6.48. The van der Waals surface area contributed by atoms with Crippen LogP contribution in [0.4, 0.5) is 0 Å². The predicted molar refractivity (Wildman–Crippen MR) is 79.1 cm³/mol. The van der Waals surface area contributed by atoms with E-state index in [1.807, 2.05) is 6.07 Å². The van der Waals surface area contributed by atoms with E-state index >= 15 is 0 Å². The Hall–Kier alpha value is -1.16. The van der Waals surface area contributed by atoms with E-state index in [1.165, 1.54) is 0 Å². The highest BCUT2D eigenvalue weighted by Crippen LogP contribution is 2.43. The summed E-state index contributed by atoms with van der Waals surface area (Å²) in [4.78, 5) is 15.6. The van der Waals surface area contributed by atoms with Crippen LogP contribution in [0.3, 0.4) is 0 Å². The summed E-state index contributed by atoms with van der Waals surface area (Å²) in [5.74, 6) is 0.720. The fourth-order valence-electron chi connectivity index (χ4n) is 2.57. The minimum Gasteiger partial charge on any atom is -0.495 e. The van der Waals surface area contributed by atoms with E-state index in [0.717, 1.165) is 52.6 Å². The molecule has 0 amide bonds. The Morgan fingerprint density at radius 2 is 2.21 bits per heavy atom. The second kappa shape index (κ2) is 5.45. The van der Waals surface area contributed by atoms with Gasteiger partial charge in [-0.3, -0.25) is 4.79 Å². The smallest absolute Gasteiger partial charge is 0.146 e. The molecule has 0 saturated carbocycles. The lowest BCUT2D eigenvalue weighted by Crippen LogP contribution is -2.19. The zero-order valence-electron chi connectivity index (χ0n) is 11.5. The highest BCUT2D eigenvalue weighted by Gasteiger charge is 2.28. The van der Waals surface area contributed by atoms with Crippen molar-refractivity contribution in [3.8, 4) is 5.75 Å². The number of ether oxygens (including phenoxy) is 1. The molecule has 0 aromatic carbocycles. The normalized spacial score (nSPS) is 18.3. The Morgan fingerprint density at radius 3 is 2.84 bits per heavy atom. The van der Waals surface area contributed by atoms with Gasteiger partial charge in [0.1, 0.15) is 16.6 Å². The predicted octanol–water partition coefficient (Wildman–Crippen LogP) is 4.02. The molecule has 1 aromatic rings. The number of methoxy groups -OCH3 is 1. The fraction of sp³-hybridized carbons (Fsp3) is 0.467. The number of hydrogen-bond acceptors (Lipinski definition) is 3. The molecule has 0 N–H and O–H groups in total. The summed E-state index contributed by atoms with van der Waals surface area (Å²) in [6.07, 6.45) is 5.46. The highest BCUT2D eigenvalue weighted by atomic mass is 79.9. The summed E-state index contributed by atoms with van der Waals surface area (Å²) in [5.41, 5.74) is 3.14. The Bertz CT molecular complexity index is 535. The molecule has 0 saturated heterocycles. The van der Waals surface area contributed by atoms with Gasteiger partial charge in [-0.05, 0) is 57.8 Å². The van der Waals surface area contributed by atoms with Crippen LogP contribution in [0.1, 0.15) is 38.7 Å². The Labute approximate surface area is 122 Å². The first-order valence-electron chi connectivity index (χ1n) is 6.34. The third-order valence-electron chi connectivity index (χ3n) is 3.63. The van der Waals surface area contributed by atoms with Crippen molar-refractivity contribution in [1.29, 1.82) is 0 Å². The quantitative estimate of drug-likeness (QED) is 0.623. The van der Waals surface area contributed by atoms with E-state index in [4.69, 9.17) is 4.74 Å². The van der Waals surface area contributed by atoms with Crippen LogP contribution in [0.2, 0.25) is 0 Å². The second-order valence-electron chi connectivity index (χ2n) is 5.67. The highest BCUT2D eigenvalue weighted by molar-refractivity contribution is 9.10. The van der Waals surface area contributed by atoms with Crippen molar-refractivity contribution in [3.05, 3.63) is 28.0 Å². The van der Waals surface area contributed by atoms with Crippen molar-refractivity contribution < 1.29 is 9.53 Å². The molecule has 1 aliphatic rings. The lowest BCUT2D eigenvalue weighted by molar-refractivity contribution is -0.105. The van der Waals surface area contributed by atoms with E-state index in [1.54, 1.807) is 13.3 Å². The molecule has 4 heteroatoms. The first-order valence-corrected chi connectivity index (χ1v) is 7.13. The summed E-state index contributed by atoms with van der Waals surface area (Å²) in [6, 6.07) is 1.93. The maximum Gasteiger partial charge on any atom is 0.146 e. The molecule has 1 aromatic heterocycles. The van der Waals surface area contributed by atoms with Gasteiger partial charge in [-0.25, -0.2) is 4.98 Å². The number of hydrogen-bond donors (Lipinski definition) is 0. The number of aromatic nitrogens is 1. The SMILES string of the molecule is COc1cnc(Br)cc1C1=C(C=O)CC(C)(C)CC1. The van der Waals surface area contributed by atoms with Crippen molar-refractivity contribution in [2.75, 3.05) is 7.11 Å². The van der Waals surface area contributed by atoms with Gasteiger partial charge < -0.3 is 4.74 Å². The molecule has 1 aliphatic carbocycles. The summed E-state index contributed by atoms with van der Waals surface area (Å²) in [6.45, 7) is 4.40. The van der Waals surface area contributed by atoms with Crippen LogP contribution in [0.15, 0.2) is 22.4 Å². The zero-order chi connectivity index (χ0) is 14.0. The molecule has 0 radical (unpaired) electrons.